The smallest absolute Gasteiger partial charge is 0.351 e. The molecular weight excluding hydrogens is 195 g/mol. The van der Waals surface area contributed by atoms with Gasteiger partial charge in [-0.25, -0.2) is 0 Å². The molecule has 3 N–H and O–H groups in total. The molecule has 2 atom stereocenters. The van der Waals surface area contributed by atoms with E-state index in [-0.39, 0.29) is 12.5 Å². The van der Waals surface area contributed by atoms with Gasteiger partial charge in [0.2, 0.25) is 0 Å². The highest BCUT2D eigenvalue weighted by Crippen LogP contribution is 2.51. The largest absolute Gasteiger partial charge is 0.393 e. The highest BCUT2D eigenvalue weighted by Gasteiger charge is 2.54. The van der Waals surface area contributed by atoms with Gasteiger partial charge in [0.05, 0.1) is 12.2 Å². The molecule has 1 rings (SSSR count). The second-order valence-electron chi connectivity index (χ2n) is 3.47. The Balaban J connectivity index is 2.40. The maximum Gasteiger partial charge on any atom is 0.351 e. The van der Waals surface area contributed by atoms with Crippen LogP contribution in [0.1, 0.15) is 19.8 Å². The molecule has 5 nitrogen and oxygen atoms in total. The van der Waals surface area contributed by atoms with Crippen molar-refractivity contribution in [1.29, 1.82) is 0 Å². The molecule has 0 radical (unpaired) electrons. The maximum absolute atomic E-state index is 10.5. The van der Waals surface area contributed by atoms with Crippen molar-refractivity contribution in [1.82, 2.24) is 0 Å². The standard InChI is InChI=1S/C7H15O5P/c1-2-6-3-7(6,4-8)12-5-13(9,10)11/h6,8H,2-5H2,1H3,(H2,9,10,11). The van der Waals surface area contributed by atoms with Crippen LogP contribution in [0.2, 0.25) is 0 Å². The van der Waals surface area contributed by atoms with E-state index in [1.54, 1.807) is 0 Å². The van der Waals surface area contributed by atoms with Gasteiger partial charge in [0, 0.05) is 0 Å². The summed E-state index contributed by atoms with van der Waals surface area (Å²) in [6.07, 6.45) is 0.964. The molecule has 13 heavy (non-hydrogen) atoms. The zero-order valence-corrected chi connectivity index (χ0v) is 8.41. The number of ether oxygens (including phenoxy) is 1. The van der Waals surface area contributed by atoms with E-state index in [4.69, 9.17) is 19.6 Å². The van der Waals surface area contributed by atoms with Crippen LogP contribution in [0.25, 0.3) is 0 Å². The summed E-state index contributed by atoms with van der Waals surface area (Å²) in [6, 6.07) is 0. The van der Waals surface area contributed by atoms with E-state index >= 15 is 0 Å². The van der Waals surface area contributed by atoms with E-state index in [1.165, 1.54) is 0 Å². The van der Waals surface area contributed by atoms with Gasteiger partial charge in [0.25, 0.3) is 0 Å². The van der Waals surface area contributed by atoms with Crippen LogP contribution in [0, 0.1) is 5.92 Å². The summed E-state index contributed by atoms with van der Waals surface area (Å²) in [5.74, 6) is 0.240. The van der Waals surface area contributed by atoms with Gasteiger partial charge >= 0.3 is 7.60 Å². The molecule has 6 heteroatoms. The van der Waals surface area contributed by atoms with Crippen molar-refractivity contribution in [3.05, 3.63) is 0 Å². The second kappa shape index (κ2) is 3.67. The number of hydrogen-bond donors (Lipinski definition) is 3. The average Bonchev–Trinajstić information content (AvgIpc) is 2.75. The van der Waals surface area contributed by atoms with Crippen LogP contribution >= 0.6 is 7.60 Å². The number of rotatable bonds is 5. The zero-order valence-electron chi connectivity index (χ0n) is 7.51. The lowest BCUT2D eigenvalue weighted by molar-refractivity contribution is -0.00209. The van der Waals surface area contributed by atoms with Gasteiger partial charge in [-0.1, -0.05) is 13.3 Å². The highest BCUT2D eigenvalue weighted by molar-refractivity contribution is 7.51. The van der Waals surface area contributed by atoms with Gasteiger partial charge < -0.3 is 19.6 Å². The van der Waals surface area contributed by atoms with Gasteiger partial charge in [-0.3, -0.25) is 4.57 Å². The van der Waals surface area contributed by atoms with Gasteiger partial charge in [-0.2, -0.15) is 0 Å². The van der Waals surface area contributed by atoms with Crippen LogP contribution in [-0.2, 0) is 9.30 Å². The number of aliphatic hydroxyl groups excluding tert-OH is 1. The van der Waals surface area contributed by atoms with Crippen molar-refractivity contribution < 1.29 is 24.2 Å². The third-order valence-corrected chi connectivity index (χ3v) is 2.92. The Kier molecular flexibility index (Phi) is 3.15. The summed E-state index contributed by atoms with van der Waals surface area (Å²) >= 11 is 0. The predicted molar refractivity (Wildman–Crippen MR) is 46.2 cm³/mol. The van der Waals surface area contributed by atoms with Crippen molar-refractivity contribution in [2.24, 2.45) is 5.92 Å². The molecule has 0 spiro atoms. The molecule has 0 heterocycles. The number of aliphatic hydroxyl groups is 1. The zero-order chi connectivity index (χ0) is 10.1. The van der Waals surface area contributed by atoms with Crippen LogP contribution in [0.5, 0.6) is 0 Å². The molecule has 78 valence electrons. The molecule has 0 amide bonds. The third-order valence-electron chi connectivity index (χ3n) is 2.46. The molecule has 1 fully saturated rings. The minimum absolute atomic E-state index is 0.161. The minimum atomic E-state index is -4.11. The summed E-state index contributed by atoms with van der Waals surface area (Å²) < 4.78 is 15.5. The van der Waals surface area contributed by atoms with Crippen LogP contribution in [0.3, 0.4) is 0 Å². The molecule has 1 saturated carbocycles. The van der Waals surface area contributed by atoms with E-state index in [0.717, 1.165) is 6.42 Å². The Morgan fingerprint density at radius 1 is 1.62 bits per heavy atom. The SMILES string of the molecule is CCC1CC1(CO)OCP(=O)(O)O. The van der Waals surface area contributed by atoms with Crippen molar-refractivity contribution >= 4 is 7.60 Å². The summed E-state index contributed by atoms with van der Waals surface area (Å²) in [6.45, 7) is 1.80. The van der Waals surface area contributed by atoms with Crippen molar-refractivity contribution in [3.63, 3.8) is 0 Å². The van der Waals surface area contributed by atoms with Crippen LogP contribution in [0.15, 0.2) is 0 Å². The monoisotopic (exact) mass is 210 g/mol. The molecule has 2 unspecified atom stereocenters. The van der Waals surface area contributed by atoms with Crippen molar-refractivity contribution in [2.45, 2.75) is 25.4 Å². The Hall–Kier alpha value is 0.0700. The minimum Gasteiger partial charge on any atom is -0.393 e. The fourth-order valence-corrected chi connectivity index (χ4v) is 1.93. The summed E-state index contributed by atoms with van der Waals surface area (Å²) in [7, 11) is -4.11. The average molecular weight is 210 g/mol. The first-order chi connectivity index (χ1) is 5.93. The first-order valence-corrected chi connectivity index (χ1v) is 6.02. The molecule has 1 aliphatic carbocycles. The lowest BCUT2D eigenvalue weighted by atomic mass is 10.2. The normalized spacial score (nSPS) is 33.4. The highest BCUT2D eigenvalue weighted by atomic mass is 31.2. The summed E-state index contributed by atoms with van der Waals surface area (Å²) in [5, 5.41) is 8.98. The second-order valence-corrected chi connectivity index (χ2v) is 5.06. The Morgan fingerprint density at radius 2 is 2.23 bits per heavy atom. The first-order valence-electron chi connectivity index (χ1n) is 4.23. The number of hydrogen-bond acceptors (Lipinski definition) is 3. The quantitative estimate of drug-likeness (QED) is 0.568. The summed E-state index contributed by atoms with van der Waals surface area (Å²) in [4.78, 5) is 17.1. The van der Waals surface area contributed by atoms with Crippen LogP contribution in [-0.4, -0.2) is 33.4 Å². The Labute approximate surface area is 76.9 Å². The molecule has 0 aromatic carbocycles. The van der Waals surface area contributed by atoms with Gasteiger partial charge in [-0.15, -0.1) is 0 Å². The molecule has 1 aliphatic rings. The molecule has 0 bridgehead atoms. The molecule has 0 aliphatic heterocycles. The fraction of sp³-hybridized carbons (Fsp3) is 1.00. The van der Waals surface area contributed by atoms with Crippen molar-refractivity contribution in [2.75, 3.05) is 13.0 Å². The third kappa shape index (κ3) is 2.76. The van der Waals surface area contributed by atoms with E-state index in [2.05, 4.69) is 0 Å². The first kappa shape index (κ1) is 11.1. The fourth-order valence-electron chi connectivity index (χ4n) is 1.50. The molecule has 0 aromatic heterocycles. The summed E-state index contributed by atoms with van der Waals surface area (Å²) in [5.41, 5.74) is -0.671. The molecule has 0 saturated heterocycles. The van der Waals surface area contributed by atoms with E-state index in [0.29, 0.717) is 6.42 Å². The molecular formula is C7H15O5P. The van der Waals surface area contributed by atoms with Crippen LogP contribution in [0.4, 0.5) is 0 Å². The van der Waals surface area contributed by atoms with E-state index in [1.807, 2.05) is 6.92 Å². The Morgan fingerprint density at radius 3 is 2.54 bits per heavy atom. The predicted octanol–water partition coefficient (Wildman–Crippen LogP) is 0.299. The van der Waals surface area contributed by atoms with E-state index in [9.17, 15) is 4.57 Å². The van der Waals surface area contributed by atoms with Gasteiger partial charge in [0.1, 0.15) is 6.35 Å². The lowest BCUT2D eigenvalue weighted by Crippen LogP contribution is -2.23. The maximum atomic E-state index is 10.5. The molecule has 0 aromatic rings. The lowest BCUT2D eigenvalue weighted by Gasteiger charge is -2.15. The Bertz CT molecular complexity index is 225. The topological polar surface area (TPSA) is 87.0 Å². The van der Waals surface area contributed by atoms with Gasteiger partial charge in [0.15, 0.2) is 0 Å². The van der Waals surface area contributed by atoms with Gasteiger partial charge in [-0.05, 0) is 12.3 Å². The van der Waals surface area contributed by atoms with Crippen LogP contribution < -0.4 is 0 Å². The van der Waals surface area contributed by atoms with Crippen molar-refractivity contribution in [3.8, 4) is 0 Å². The van der Waals surface area contributed by atoms with E-state index < -0.39 is 19.5 Å².